The Hall–Kier alpha value is -3.61. The predicted molar refractivity (Wildman–Crippen MR) is 180 cm³/mol. The lowest BCUT2D eigenvalue weighted by Gasteiger charge is -2.32. The molecule has 3 aromatic rings. The topological polar surface area (TPSA) is 49.3 Å². The Morgan fingerprint density at radius 3 is 2.23 bits per heavy atom. The Morgan fingerprint density at radius 2 is 1.56 bits per heavy atom. The Bertz CT molecular complexity index is 1400. The molecule has 2 aliphatic heterocycles. The highest BCUT2D eigenvalue weighted by molar-refractivity contribution is 5.78. The van der Waals surface area contributed by atoms with Crippen LogP contribution in [-0.2, 0) is 18.3 Å². The van der Waals surface area contributed by atoms with E-state index in [2.05, 4.69) is 79.3 Å². The number of piperazine rings is 1. The van der Waals surface area contributed by atoms with Crippen molar-refractivity contribution >= 4 is 23.3 Å². The number of nitrogens with zero attached hydrogens (tertiary/aromatic N) is 3. The number of fused-ring (bicyclic) bond motifs is 1. The molecule has 0 atom stereocenters. The number of ether oxygens (including phenoxy) is 2. The molecule has 228 valence electrons. The Labute approximate surface area is 258 Å². The molecule has 1 saturated heterocycles. The van der Waals surface area contributed by atoms with Crippen molar-refractivity contribution in [2.24, 2.45) is 4.99 Å². The summed E-state index contributed by atoms with van der Waals surface area (Å²) in [5, 5.41) is 3.48. The molecule has 0 aliphatic carbocycles. The molecule has 6 nitrogen and oxygen atoms in total. The molecule has 43 heavy (non-hydrogen) atoms. The number of hydrogen-bond acceptors (Lipinski definition) is 6. The van der Waals surface area contributed by atoms with Gasteiger partial charge in [0.1, 0.15) is 17.3 Å². The van der Waals surface area contributed by atoms with E-state index < -0.39 is 0 Å². The zero-order valence-corrected chi connectivity index (χ0v) is 26.7. The van der Waals surface area contributed by atoms with Crippen LogP contribution < -0.4 is 14.8 Å². The van der Waals surface area contributed by atoms with Gasteiger partial charge in [-0.2, -0.15) is 0 Å². The first-order valence-electron chi connectivity index (χ1n) is 15.8. The third-order valence-electron chi connectivity index (χ3n) is 8.48. The van der Waals surface area contributed by atoms with Gasteiger partial charge in [0.15, 0.2) is 0 Å². The van der Waals surface area contributed by atoms with Crippen molar-refractivity contribution < 1.29 is 9.47 Å². The van der Waals surface area contributed by atoms with Crippen molar-refractivity contribution in [2.75, 3.05) is 52.2 Å². The quantitative estimate of drug-likeness (QED) is 0.234. The summed E-state index contributed by atoms with van der Waals surface area (Å²) in [6.07, 6.45) is 9.13. The second kappa shape index (κ2) is 14.2. The van der Waals surface area contributed by atoms with Crippen molar-refractivity contribution in [3.63, 3.8) is 0 Å². The van der Waals surface area contributed by atoms with Crippen molar-refractivity contribution in [2.45, 2.75) is 58.3 Å². The molecule has 0 saturated carbocycles. The molecule has 0 aromatic heterocycles. The molecule has 0 spiro atoms. The van der Waals surface area contributed by atoms with E-state index in [1.165, 1.54) is 56.7 Å². The van der Waals surface area contributed by atoms with E-state index in [-0.39, 0.29) is 5.41 Å². The maximum atomic E-state index is 6.30. The zero-order valence-electron chi connectivity index (χ0n) is 26.7. The van der Waals surface area contributed by atoms with E-state index >= 15 is 0 Å². The van der Waals surface area contributed by atoms with E-state index in [0.29, 0.717) is 6.42 Å². The first-order chi connectivity index (χ1) is 20.8. The molecule has 1 N–H and O–H groups in total. The third-order valence-corrected chi connectivity index (χ3v) is 8.48. The molecule has 2 aliphatic rings. The predicted octanol–water partition coefficient (Wildman–Crippen LogP) is 7.92. The van der Waals surface area contributed by atoms with Crippen LogP contribution in [0, 0.1) is 0 Å². The summed E-state index contributed by atoms with van der Waals surface area (Å²) >= 11 is 0. The number of likely N-dealkylation sites (N-methyl/N-ethyl adjacent to an activating group) is 1. The lowest BCUT2D eigenvalue weighted by molar-refractivity contribution is 0.152. The number of aliphatic imine (C=N–C) groups is 1. The summed E-state index contributed by atoms with van der Waals surface area (Å²) in [4.78, 5) is 9.77. The van der Waals surface area contributed by atoms with Crippen LogP contribution in [-0.4, -0.2) is 62.9 Å². The summed E-state index contributed by atoms with van der Waals surface area (Å²) in [7, 11) is 3.98. The molecule has 0 amide bonds. The fourth-order valence-electron chi connectivity index (χ4n) is 5.70. The smallest absolute Gasteiger partial charge is 0.127 e. The summed E-state index contributed by atoms with van der Waals surface area (Å²) in [5.41, 5.74) is 6.91. The Morgan fingerprint density at radius 1 is 0.860 bits per heavy atom. The van der Waals surface area contributed by atoms with Crippen molar-refractivity contribution in [1.82, 2.24) is 9.80 Å². The number of rotatable bonds is 11. The van der Waals surface area contributed by atoms with E-state index in [4.69, 9.17) is 14.5 Å². The number of anilines is 2. The van der Waals surface area contributed by atoms with Crippen molar-refractivity contribution in [1.29, 1.82) is 0 Å². The van der Waals surface area contributed by atoms with Crippen LogP contribution in [0.3, 0.4) is 0 Å². The van der Waals surface area contributed by atoms with Gasteiger partial charge in [0, 0.05) is 50.2 Å². The van der Waals surface area contributed by atoms with Crippen LogP contribution in [0.2, 0.25) is 0 Å². The minimum atomic E-state index is 0.146. The molecule has 0 bridgehead atoms. The SMILES string of the molecule is COc1cc2c(cc1CCCCCN1CCN(C)CC1)N=CC=C(Oc1ccc(Nc3ccc(C(C)(C)C)cc3)cc1)C2. The number of unbranched alkanes of at least 4 members (excludes halogenated alkanes) is 2. The van der Waals surface area contributed by atoms with Crippen LogP contribution >= 0.6 is 0 Å². The van der Waals surface area contributed by atoms with Crippen molar-refractivity contribution in [3.8, 4) is 11.5 Å². The van der Waals surface area contributed by atoms with Gasteiger partial charge >= 0.3 is 0 Å². The van der Waals surface area contributed by atoms with Gasteiger partial charge in [0.25, 0.3) is 0 Å². The zero-order chi connectivity index (χ0) is 30.2. The average molecular weight is 581 g/mol. The normalized spacial score (nSPS) is 15.9. The summed E-state index contributed by atoms with van der Waals surface area (Å²) in [5.74, 6) is 2.61. The molecular formula is C37H48N4O2. The minimum Gasteiger partial charge on any atom is -0.496 e. The fraction of sp³-hybridized carbons (Fsp3) is 0.432. The maximum absolute atomic E-state index is 6.30. The van der Waals surface area contributed by atoms with Gasteiger partial charge in [-0.15, -0.1) is 0 Å². The first-order valence-corrected chi connectivity index (χ1v) is 15.8. The molecule has 0 unspecified atom stereocenters. The van der Waals surface area contributed by atoms with Crippen molar-refractivity contribution in [3.05, 3.63) is 89.2 Å². The number of methoxy groups -OCH3 is 1. The van der Waals surface area contributed by atoms with E-state index in [9.17, 15) is 0 Å². The molecule has 6 heteroatoms. The van der Waals surface area contributed by atoms with Crippen LogP contribution in [0.25, 0.3) is 0 Å². The van der Waals surface area contributed by atoms with Gasteiger partial charge < -0.3 is 24.6 Å². The number of allylic oxidation sites excluding steroid dienone is 2. The average Bonchev–Trinajstić information content (AvgIpc) is 3.19. The lowest BCUT2D eigenvalue weighted by Crippen LogP contribution is -2.44. The highest BCUT2D eigenvalue weighted by Crippen LogP contribution is 2.34. The highest BCUT2D eigenvalue weighted by Gasteiger charge is 2.16. The second-order valence-electron chi connectivity index (χ2n) is 12.9. The van der Waals surface area contributed by atoms with Gasteiger partial charge in [-0.05, 0) is 110 Å². The number of nitrogens with one attached hydrogen (secondary N) is 1. The van der Waals surface area contributed by atoms with Gasteiger partial charge in [-0.1, -0.05) is 39.3 Å². The number of aryl methyl sites for hydroxylation is 1. The summed E-state index contributed by atoms with van der Waals surface area (Å²) < 4.78 is 12.1. The molecule has 3 aromatic carbocycles. The molecule has 1 fully saturated rings. The second-order valence-corrected chi connectivity index (χ2v) is 12.9. The van der Waals surface area contributed by atoms with Gasteiger partial charge in [0.2, 0.25) is 0 Å². The largest absolute Gasteiger partial charge is 0.496 e. The molecule has 5 rings (SSSR count). The van der Waals surface area contributed by atoms with Gasteiger partial charge in [-0.3, -0.25) is 4.99 Å². The van der Waals surface area contributed by atoms with Crippen LogP contribution in [0.4, 0.5) is 17.1 Å². The van der Waals surface area contributed by atoms with E-state index in [1.54, 1.807) is 7.11 Å². The third kappa shape index (κ3) is 8.71. The van der Waals surface area contributed by atoms with Gasteiger partial charge in [0.05, 0.1) is 12.8 Å². The molecular weight excluding hydrogens is 532 g/mol. The summed E-state index contributed by atoms with van der Waals surface area (Å²) in [6, 6.07) is 21.1. The van der Waals surface area contributed by atoms with Crippen LogP contribution in [0.5, 0.6) is 11.5 Å². The molecule has 2 heterocycles. The monoisotopic (exact) mass is 580 g/mol. The van der Waals surface area contributed by atoms with Crippen LogP contribution in [0.15, 0.2) is 77.5 Å². The Kier molecular flexibility index (Phi) is 10.2. The fourth-order valence-corrected chi connectivity index (χ4v) is 5.70. The first kappa shape index (κ1) is 30.8. The Balaban J connectivity index is 1.13. The minimum absolute atomic E-state index is 0.146. The summed E-state index contributed by atoms with van der Waals surface area (Å²) in [6.45, 7) is 12.7. The highest BCUT2D eigenvalue weighted by atomic mass is 16.5. The standard InChI is InChI=1S/C37H48N4O2/c1-37(2,3)30-10-12-31(13-11-30)39-32-14-16-33(17-15-32)43-34-18-19-38-35-26-28(36(42-5)27-29(35)25-34)9-7-6-8-20-41-23-21-40(4)22-24-41/h10-19,26-27,39H,6-9,20-25H2,1-5H3. The van der Waals surface area contributed by atoms with E-state index in [0.717, 1.165) is 52.7 Å². The van der Waals surface area contributed by atoms with E-state index in [1.807, 2.05) is 36.6 Å². The van der Waals surface area contributed by atoms with Gasteiger partial charge in [-0.25, -0.2) is 0 Å². The van der Waals surface area contributed by atoms with Crippen LogP contribution in [0.1, 0.15) is 56.7 Å². The molecule has 0 radical (unpaired) electrons. The number of hydrogen-bond donors (Lipinski definition) is 1. The number of benzene rings is 3. The lowest BCUT2D eigenvalue weighted by atomic mass is 9.87. The maximum Gasteiger partial charge on any atom is 0.127 e.